The maximum Gasteiger partial charge on any atom is 0.508 e. The smallest absolute Gasteiger partial charge is 0.481 e. The van der Waals surface area contributed by atoms with Crippen LogP contribution in [0.5, 0.6) is 0 Å². The third-order valence-electron chi connectivity index (χ3n) is 2.87. The molecule has 2 heterocycles. The molecule has 8 heteroatoms. The fraction of sp³-hybridized carbons (Fsp3) is 0.545. The van der Waals surface area contributed by atoms with Crippen LogP contribution in [0, 0.1) is 0 Å². The summed E-state index contributed by atoms with van der Waals surface area (Å²) in [4.78, 5) is 33.5. The van der Waals surface area contributed by atoms with Crippen molar-refractivity contribution in [3.63, 3.8) is 0 Å². The summed E-state index contributed by atoms with van der Waals surface area (Å²) in [5, 5.41) is 17.1. The second kappa shape index (κ2) is 5.17. The van der Waals surface area contributed by atoms with Crippen LogP contribution in [0.1, 0.15) is 25.7 Å². The molecule has 1 unspecified atom stereocenters. The van der Waals surface area contributed by atoms with Gasteiger partial charge in [-0.15, -0.1) is 0 Å². The number of carboxylic acid groups (broad SMARTS) is 2. The number of rotatable bonds is 5. The van der Waals surface area contributed by atoms with E-state index in [0.717, 1.165) is 0 Å². The number of ether oxygens (including phenoxy) is 2. The number of hydrogen-bond acceptors (Lipinski definition) is 5. The number of unbranched alkanes of at least 4 members (excludes halogenated alkanes) is 1. The Kier molecular flexibility index (Phi) is 3.59. The molecule has 0 aromatic rings. The molecule has 2 atom stereocenters. The number of aliphatic carboxylic acids is 1. The van der Waals surface area contributed by atoms with Crippen LogP contribution < -0.4 is 0 Å². The van der Waals surface area contributed by atoms with Crippen molar-refractivity contribution in [2.75, 3.05) is 0 Å². The van der Waals surface area contributed by atoms with Crippen LogP contribution in [0.4, 0.5) is 4.79 Å². The molecule has 0 aromatic carbocycles. The second-order valence-corrected chi connectivity index (χ2v) is 4.21. The largest absolute Gasteiger partial charge is 0.508 e. The van der Waals surface area contributed by atoms with E-state index in [9.17, 15) is 14.4 Å². The highest BCUT2D eigenvalue weighted by atomic mass is 16.7. The predicted octanol–water partition coefficient (Wildman–Crippen LogP) is 0.734. The number of amides is 1. The van der Waals surface area contributed by atoms with E-state index in [1.165, 1.54) is 4.90 Å². The Morgan fingerprint density at radius 3 is 2.79 bits per heavy atom. The van der Waals surface area contributed by atoms with Crippen molar-refractivity contribution in [3.05, 3.63) is 11.8 Å². The second-order valence-electron chi connectivity index (χ2n) is 4.21. The lowest BCUT2D eigenvalue weighted by Crippen LogP contribution is -2.53. The van der Waals surface area contributed by atoms with Crippen LogP contribution >= 0.6 is 0 Å². The van der Waals surface area contributed by atoms with Gasteiger partial charge in [-0.3, -0.25) is 14.5 Å². The van der Waals surface area contributed by atoms with Gasteiger partial charge in [0.25, 0.3) is 0 Å². The Morgan fingerprint density at radius 1 is 1.47 bits per heavy atom. The number of carbonyl (C=O) groups excluding carboxylic acids is 1. The molecule has 0 aromatic heterocycles. The van der Waals surface area contributed by atoms with E-state index in [0.29, 0.717) is 12.8 Å². The van der Waals surface area contributed by atoms with Crippen LogP contribution in [0.25, 0.3) is 0 Å². The fourth-order valence-corrected chi connectivity index (χ4v) is 1.99. The molecule has 2 saturated heterocycles. The lowest BCUT2D eigenvalue weighted by molar-refractivity contribution is -0.164. The summed E-state index contributed by atoms with van der Waals surface area (Å²) >= 11 is 0. The number of hydrogen-bond donors (Lipinski definition) is 2. The van der Waals surface area contributed by atoms with Crippen LogP contribution in [-0.4, -0.2) is 45.6 Å². The first-order valence-corrected chi connectivity index (χ1v) is 5.78. The number of nitrogens with zero attached hydrogens (tertiary/aromatic N) is 1. The normalized spacial score (nSPS) is 26.6. The summed E-state index contributed by atoms with van der Waals surface area (Å²) in [6.07, 6.45) is -0.410. The lowest BCUT2D eigenvalue weighted by atomic mass is 10.1. The third-order valence-corrected chi connectivity index (χ3v) is 2.87. The van der Waals surface area contributed by atoms with Crippen molar-refractivity contribution in [3.8, 4) is 0 Å². The van der Waals surface area contributed by atoms with Gasteiger partial charge in [0.05, 0.1) is 6.42 Å². The van der Waals surface area contributed by atoms with E-state index in [1.54, 1.807) is 6.08 Å². The molecule has 0 radical (unpaired) electrons. The molecular weight excluding hydrogens is 258 g/mol. The molecule has 104 valence electrons. The maximum atomic E-state index is 11.3. The summed E-state index contributed by atoms with van der Waals surface area (Å²) in [5.74, 6) is -0.878. The van der Waals surface area contributed by atoms with Crippen molar-refractivity contribution < 1.29 is 34.1 Å². The summed E-state index contributed by atoms with van der Waals surface area (Å²) < 4.78 is 10.0. The van der Waals surface area contributed by atoms with Crippen molar-refractivity contribution in [2.24, 2.45) is 0 Å². The summed E-state index contributed by atoms with van der Waals surface area (Å²) in [6, 6.07) is 0. The molecule has 0 saturated carbocycles. The number of fused-ring (bicyclic) bond motifs is 1. The Hall–Kier alpha value is -2.25. The molecular formula is C11H13NO7. The number of β-lactam (4-membered cyclic amide) rings is 1. The molecule has 2 aliphatic heterocycles. The van der Waals surface area contributed by atoms with Gasteiger partial charge in [0.15, 0.2) is 12.0 Å². The highest BCUT2D eigenvalue weighted by molar-refractivity contribution is 5.84. The van der Waals surface area contributed by atoms with Crippen LogP contribution in [0.3, 0.4) is 0 Å². The summed E-state index contributed by atoms with van der Waals surface area (Å²) in [5.41, 5.74) is 0. The Morgan fingerprint density at radius 2 is 2.21 bits per heavy atom. The van der Waals surface area contributed by atoms with Gasteiger partial charge in [0, 0.05) is 6.42 Å². The molecule has 2 N–H and O–H groups in total. The van der Waals surface area contributed by atoms with Crippen molar-refractivity contribution >= 4 is 18.0 Å². The molecule has 2 aliphatic rings. The van der Waals surface area contributed by atoms with Gasteiger partial charge < -0.3 is 19.7 Å². The molecule has 2 rings (SSSR count). The van der Waals surface area contributed by atoms with Crippen molar-refractivity contribution in [2.45, 2.75) is 38.1 Å². The van der Waals surface area contributed by atoms with Crippen LogP contribution in [0.15, 0.2) is 11.8 Å². The molecule has 0 spiro atoms. The first-order chi connectivity index (χ1) is 8.99. The minimum absolute atomic E-state index is 0.0142. The summed E-state index contributed by atoms with van der Waals surface area (Å²) in [7, 11) is 0. The number of carboxylic acids is 1. The SMILES string of the molecule is O=C(O)CCCC=C1O[C@@H]2CC(=O)N2C1OC(=O)O. The van der Waals surface area contributed by atoms with Gasteiger partial charge in [-0.25, -0.2) is 4.79 Å². The molecule has 8 nitrogen and oxygen atoms in total. The molecule has 0 bridgehead atoms. The highest BCUT2D eigenvalue weighted by Gasteiger charge is 2.52. The van der Waals surface area contributed by atoms with Gasteiger partial charge in [-0.1, -0.05) is 0 Å². The zero-order valence-corrected chi connectivity index (χ0v) is 9.94. The monoisotopic (exact) mass is 271 g/mol. The first-order valence-electron chi connectivity index (χ1n) is 5.78. The lowest BCUT2D eigenvalue weighted by Gasteiger charge is -2.33. The molecule has 2 fully saturated rings. The quantitative estimate of drug-likeness (QED) is 0.430. The van der Waals surface area contributed by atoms with Crippen LogP contribution in [-0.2, 0) is 19.1 Å². The van der Waals surface area contributed by atoms with Crippen molar-refractivity contribution in [1.82, 2.24) is 4.90 Å². The average molecular weight is 271 g/mol. The predicted molar refractivity (Wildman–Crippen MR) is 58.8 cm³/mol. The average Bonchev–Trinajstić information content (AvgIpc) is 2.55. The van der Waals surface area contributed by atoms with Crippen molar-refractivity contribution in [1.29, 1.82) is 0 Å². The third kappa shape index (κ3) is 2.78. The van der Waals surface area contributed by atoms with E-state index in [-0.39, 0.29) is 24.5 Å². The molecule has 19 heavy (non-hydrogen) atoms. The maximum absolute atomic E-state index is 11.3. The van der Waals surface area contributed by atoms with E-state index >= 15 is 0 Å². The zero-order chi connectivity index (χ0) is 14.0. The van der Waals surface area contributed by atoms with E-state index in [4.69, 9.17) is 14.9 Å². The standard InChI is InChI=1S/C11H13NO7/c13-7-5-8-12(7)10(19-11(16)17)6(18-8)3-1-2-4-9(14)15/h3,8,10H,1-2,4-5H2,(H,14,15)(H,16,17)/t8-,10?/m1/s1. The zero-order valence-electron chi connectivity index (χ0n) is 9.94. The first kappa shape index (κ1) is 13.2. The number of allylic oxidation sites excluding steroid dienone is 1. The Labute approximate surface area is 108 Å². The van der Waals surface area contributed by atoms with Gasteiger partial charge in [0.1, 0.15) is 0 Å². The van der Waals surface area contributed by atoms with E-state index in [1.807, 2.05) is 0 Å². The van der Waals surface area contributed by atoms with Gasteiger partial charge in [-0.2, -0.15) is 0 Å². The van der Waals surface area contributed by atoms with Crippen LogP contribution in [0.2, 0.25) is 0 Å². The molecule has 1 amide bonds. The van der Waals surface area contributed by atoms with Gasteiger partial charge in [0.2, 0.25) is 12.1 Å². The van der Waals surface area contributed by atoms with Gasteiger partial charge in [-0.05, 0) is 18.9 Å². The number of carbonyl (C=O) groups is 3. The highest BCUT2D eigenvalue weighted by Crippen LogP contribution is 2.37. The summed E-state index contributed by atoms with van der Waals surface area (Å²) in [6.45, 7) is 0. The topological polar surface area (TPSA) is 113 Å². The minimum atomic E-state index is -1.50. The molecule has 0 aliphatic carbocycles. The van der Waals surface area contributed by atoms with E-state index < -0.39 is 24.6 Å². The minimum Gasteiger partial charge on any atom is -0.481 e. The van der Waals surface area contributed by atoms with E-state index in [2.05, 4.69) is 4.74 Å². The Balaban J connectivity index is 1.97. The Bertz CT molecular complexity index is 444. The fourth-order valence-electron chi connectivity index (χ4n) is 1.99. The van der Waals surface area contributed by atoms with Gasteiger partial charge >= 0.3 is 12.1 Å².